The van der Waals surface area contributed by atoms with Gasteiger partial charge in [0.1, 0.15) is 0 Å². The molecule has 0 unspecified atom stereocenters. The SMILES string of the molecule is CC(C)CCCOC(=Cc1ccccc1)C(=O)O. The summed E-state index contributed by atoms with van der Waals surface area (Å²) in [6.07, 6.45) is 3.47. The number of carboxylic acid groups (broad SMARTS) is 1. The Labute approximate surface area is 108 Å². The summed E-state index contributed by atoms with van der Waals surface area (Å²) in [6, 6.07) is 9.32. The average molecular weight is 248 g/mol. The van der Waals surface area contributed by atoms with Crippen LogP contribution in [0.1, 0.15) is 32.3 Å². The molecule has 1 aromatic carbocycles. The van der Waals surface area contributed by atoms with E-state index in [1.807, 2.05) is 30.3 Å². The van der Waals surface area contributed by atoms with Gasteiger partial charge in [0, 0.05) is 0 Å². The largest absolute Gasteiger partial charge is 0.487 e. The monoisotopic (exact) mass is 248 g/mol. The second kappa shape index (κ2) is 7.54. The average Bonchev–Trinajstić information content (AvgIpc) is 2.33. The molecule has 3 heteroatoms. The standard InChI is InChI=1S/C15H20O3/c1-12(2)7-6-10-18-14(15(16)17)11-13-8-4-3-5-9-13/h3-5,8-9,11-12H,6-7,10H2,1-2H3,(H,16,17). The van der Waals surface area contributed by atoms with Crippen molar-refractivity contribution in [3.8, 4) is 0 Å². The van der Waals surface area contributed by atoms with Gasteiger partial charge in [-0.05, 0) is 30.4 Å². The van der Waals surface area contributed by atoms with Crippen molar-refractivity contribution < 1.29 is 14.6 Å². The fourth-order valence-corrected chi connectivity index (χ4v) is 1.54. The van der Waals surface area contributed by atoms with Gasteiger partial charge in [-0.2, -0.15) is 0 Å². The maximum atomic E-state index is 11.0. The van der Waals surface area contributed by atoms with Crippen molar-refractivity contribution >= 4 is 12.0 Å². The Balaban J connectivity index is 2.55. The van der Waals surface area contributed by atoms with Gasteiger partial charge in [0.25, 0.3) is 0 Å². The maximum Gasteiger partial charge on any atom is 0.371 e. The van der Waals surface area contributed by atoms with Gasteiger partial charge in [0.15, 0.2) is 0 Å². The van der Waals surface area contributed by atoms with E-state index in [9.17, 15) is 4.79 Å². The van der Waals surface area contributed by atoms with Crippen LogP contribution >= 0.6 is 0 Å². The zero-order valence-electron chi connectivity index (χ0n) is 10.9. The van der Waals surface area contributed by atoms with E-state index in [1.165, 1.54) is 0 Å². The number of rotatable bonds is 7. The minimum atomic E-state index is -1.02. The van der Waals surface area contributed by atoms with Crippen LogP contribution in [0.5, 0.6) is 0 Å². The van der Waals surface area contributed by atoms with Crippen molar-refractivity contribution in [3.63, 3.8) is 0 Å². The number of hydrogen-bond acceptors (Lipinski definition) is 2. The molecular weight excluding hydrogens is 228 g/mol. The van der Waals surface area contributed by atoms with Crippen LogP contribution in [0.15, 0.2) is 36.1 Å². The molecule has 0 atom stereocenters. The van der Waals surface area contributed by atoms with Crippen LogP contribution in [0.3, 0.4) is 0 Å². The van der Waals surface area contributed by atoms with E-state index in [0.29, 0.717) is 12.5 Å². The first-order valence-electron chi connectivity index (χ1n) is 6.22. The molecule has 0 aliphatic carbocycles. The summed E-state index contributed by atoms with van der Waals surface area (Å²) >= 11 is 0. The second-order valence-electron chi connectivity index (χ2n) is 4.61. The molecule has 0 amide bonds. The van der Waals surface area contributed by atoms with Crippen molar-refractivity contribution in [2.75, 3.05) is 6.61 Å². The lowest BCUT2D eigenvalue weighted by atomic mass is 10.1. The van der Waals surface area contributed by atoms with E-state index in [-0.39, 0.29) is 5.76 Å². The zero-order valence-corrected chi connectivity index (χ0v) is 10.9. The maximum absolute atomic E-state index is 11.0. The predicted molar refractivity (Wildman–Crippen MR) is 72.1 cm³/mol. The summed E-state index contributed by atoms with van der Waals surface area (Å²) in [5.74, 6) is -0.409. The number of benzene rings is 1. The summed E-state index contributed by atoms with van der Waals surface area (Å²) in [6.45, 7) is 4.72. The van der Waals surface area contributed by atoms with Gasteiger partial charge in [-0.15, -0.1) is 0 Å². The highest BCUT2D eigenvalue weighted by atomic mass is 16.5. The minimum absolute atomic E-state index is 0.00459. The van der Waals surface area contributed by atoms with Gasteiger partial charge in [0.05, 0.1) is 6.61 Å². The lowest BCUT2D eigenvalue weighted by Gasteiger charge is -2.08. The third kappa shape index (κ3) is 5.53. The molecule has 0 bridgehead atoms. The van der Waals surface area contributed by atoms with Crippen LogP contribution in [-0.2, 0) is 9.53 Å². The molecular formula is C15H20O3. The fourth-order valence-electron chi connectivity index (χ4n) is 1.54. The third-order valence-corrected chi connectivity index (χ3v) is 2.49. The normalized spacial score (nSPS) is 11.6. The first kappa shape index (κ1) is 14.3. The van der Waals surface area contributed by atoms with E-state index in [2.05, 4.69) is 13.8 Å². The molecule has 0 saturated carbocycles. The first-order chi connectivity index (χ1) is 8.59. The Morgan fingerprint density at radius 2 is 2.00 bits per heavy atom. The lowest BCUT2D eigenvalue weighted by Crippen LogP contribution is -2.06. The van der Waals surface area contributed by atoms with Gasteiger partial charge in [0.2, 0.25) is 5.76 Å². The highest BCUT2D eigenvalue weighted by molar-refractivity contribution is 5.89. The minimum Gasteiger partial charge on any atom is -0.487 e. The van der Waals surface area contributed by atoms with E-state index < -0.39 is 5.97 Å². The molecule has 0 aliphatic rings. The quantitative estimate of drug-likeness (QED) is 0.456. The van der Waals surface area contributed by atoms with Crippen molar-refractivity contribution in [2.24, 2.45) is 5.92 Å². The van der Waals surface area contributed by atoms with Crippen LogP contribution in [0, 0.1) is 5.92 Å². The van der Waals surface area contributed by atoms with Gasteiger partial charge in [-0.25, -0.2) is 4.79 Å². The van der Waals surface area contributed by atoms with Gasteiger partial charge in [-0.3, -0.25) is 0 Å². The Bertz CT molecular complexity index is 393. The molecule has 98 valence electrons. The molecule has 0 aliphatic heterocycles. The number of carboxylic acids is 1. The van der Waals surface area contributed by atoms with Crippen LogP contribution in [-0.4, -0.2) is 17.7 Å². The smallest absolute Gasteiger partial charge is 0.371 e. The Morgan fingerprint density at radius 3 is 2.56 bits per heavy atom. The Hall–Kier alpha value is -1.77. The third-order valence-electron chi connectivity index (χ3n) is 2.49. The van der Waals surface area contributed by atoms with Gasteiger partial charge < -0.3 is 9.84 Å². The summed E-state index contributed by atoms with van der Waals surface area (Å²) in [5, 5.41) is 9.05. The van der Waals surface area contributed by atoms with Crippen LogP contribution < -0.4 is 0 Å². The second-order valence-corrected chi connectivity index (χ2v) is 4.61. The highest BCUT2D eigenvalue weighted by Gasteiger charge is 2.08. The summed E-state index contributed by atoms with van der Waals surface area (Å²) in [7, 11) is 0. The van der Waals surface area contributed by atoms with E-state index in [4.69, 9.17) is 9.84 Å². The molecule has 18 heavy (non-hydrogen) atoms. The summed E-state index contributed by atoms with van der Waals surface area (Å²) < 4.78 is 5.32. The van der Waals surface area contributed by atoms with Crippen molar-refractivity contribution in [1.82, 2.24) is 0 Å². The van der Waals surface area contributed by atoms with Gasteiger partial charge >= 0.3 is 5.97 Å². The van der Waals surface area contributed by atoms with Crippen LogP contribution in [0.2, 0.25) is 0 Å². The highest BCUT2D eigenvalue weighted by Crippen LogP contribution is 2.10. The molecule has 1 rings (SSSR count). The summed E-state index contributed by atoms with van der Waals surface area (Å²) in [5.41, 5.74) is 0.832. The number of carbonyl (C=O) groups is 1. The van der Waals surface area contributed by atoms with E-state index in [1.54, 1.807) is 6.08 Å². The molecule has 0 radical (unpaired) electrons. The molecule has 0 saturated heterocycles. The molecule has 1 aromatic rings. The van der Waals surface area contributed by atoms with E-state index in [0.717, 1.165) is 18.4 Å². The molecule has 0 aromatic heterocycles. The summed E-state index contributed by atoms with van der Waals surface area (Å²) in [4.78, 5) is 11.0. The fraction of sp³-hybridized carbons (Fsp3) is 0.400. The van der Waals surface area contributed by atoms with Crippen LogP contribution in [0.25, 0.3) is 6.08 Å². The Kier molecular flexibility index (Phi) is 5.98. The topological polar surface area (TPSA) is 46.5 Å². The zero-order chi connectivity index (χ0) is 13.4. The number of aliphatic carboxylic acids is 1. The molecule has 1 N–H and O–H groups in total. The molecule has 0 fully saturated rings. The molecule has 0 heterocycles. The molecule has 3 nitrogen and oxygen atoms in total. The molecule has 0 spiro atoms. The predicted octanol–water partition coefficient (Wildman–Crippen LogP) is 3.56. The van der Waals surface area contributed by atoms with Crippen molar-refractivity contribution in [2.45, 2.75) is 26.7 Å². The van der Waals surface area contributed by atoms with Gasteiger partial charge in [-0.1, -0.05) is 44.2 Å². The van der Waals surface area contributed by atoms with Crippen molar-refractivity contribution in [1.29, 1.82) is 0 Å². The Morgan fingerprint density at radius 1 is 1.33 bits per heavy atom. The van der Waals surface area contributed by atoms with Crippen molar-refractivity contribution in [3.05, 3.63) is 41.7 Å². The first-order valence-corrected chi connectivity index (χ1v) is 6.22. The van der Waals surface area contributed by atoms with Crippen LogP contribution in [0.4, 0.5) is 0 Å². The number of hydrogen-bond donors (Lipinski definition) is 1. The van der Waals surface area contributed by atoms with E-state index >= 15 is 0 Å². The lowest BCUT2D eigenvalue weighted by molar-refractivity contribution is -0.136. The number of ether oxygens (including phenoxy) is 1.